The van der Waals surface area contributed by atoms with Crippen LogP contribution in [0.4, 0.5) is 5.82 Å². The summed E-state index contributed by atoms with van der Waals surface area (Å²) >= 11 is 0. The van der Waals surface area contributed by atoms with Crippen molar-refractivity contribution in [3.63, 3.8) is 0 Å². The van der Waals surface area contributed by atoms with Gasteiger partial charge in [0.2, 0.25) is 0 Å². The molecule has 0 radical (unpaired) electrons. The van der Waals surface area contributed by atoms with Crippen LogP contribution >= 0.6 is 0 Å². The maximum absolute atomic E-state index is 9.78. The summed E-state index contributed by atoms with van der Waals surface area (Å²) < 4.78 is 3.78. The number of anilines is 1. The SMILES string of the molecule is Cc1nn(C(C)C)cc1-c1cc(-c2ccc(N3CCN(Cc4ccccc4)CC3)nc2)c2c(C#N)cnn2c1. The molecule has 0 N–H and O–H groups in total. The fraction of sp³-hybridized carbons (Fsp3) is 0.290. The van der Waals surface area contributed by atoms with E-state index >= 15 is 0 Å². The molecule has 39 heavy (non-hydrogen) atoms. The van der Waals surface area contributed by atoms with Crippen LogP contribution in [0.2, 0.25) is 0 Å². The first-order chi connectivity index (χ1) is 19.0. The minimum Gasteiger partial charge on any atom is -0.354 e. The molecule has 0 bridgehead atoms. The predicted octanol–water partition coefficient (Wildman–Crippen LogP) is 5.34. The van der Waals surface area contributed by atoms with Crippen molar-refractivity contribution < 1.29 is 0 Å². The number of aromatic nitrogens is 5. The Hall–Kier alpha value is -4.48. The van der Waals surface area contributed by atoms with Crippen LogP contribution in [0.1, 0.15) is 36.7 Å². The third kappa shape index (κ3) is 4.89. The first-order valence-corrected chi connectivity index (χ1v) is 13.5. The van der Waals surface area contributed by atoms with Crippen molar-refractivity contribution >= 4 is 11.3 Å². The van der Waals surface area contributed by atoms with Crippen molar-refractivity contribution in [2.24, 2.45) is 0 Å². The Labute approximate surface area is 228 Å². The van der Waals surface area contributed by atoms with Crippen LogP contribution in [0.3, 0.4) is 0 Å². The van der Waals surface area contributed by atoms with Crippen LogP contribution in [0.25, 0.3) is 27.8 Å². The quantitative estimate of drug-likeness (QED) is 0.303. The molecule has 1 aliphatic rings. The Morgan fingerprint density at radius 3 is 2.38 bits per heavy atom. The molecule has 1 aliphatic heterocycles. The summed E-state index contributed by atoms with van der Waals surface area (Å²) in [6.07, 6.45) is 7.61. The molecule has 0 amide bonds. The van der Waals surface area contributed by atoms with Gasteiger partial charge >= 0.3 is 0 Å². The Morgan fingerprint density at radius 2 is 1.72 bits per heavy atom. The van der Waals surface area contributed by atoms with Crippen molar-refractivity contribution in [3.8, 4) is 28.3 Å². The topological polar surface area (TPSA) is 78.3 Å². The molecule has 6 rings (SSSR count). The van der Waals surface area contributed by atoms with E-state index in [1.165, 1.54) is 5.56 Å². The standard InChI is InChI=1S/C31H32N8/c1-22(2)38-21-29(23(3)35-38)26-15-28(31-27(16-32)18-34-39(31)20-26)25-9-10-30(33-17-25)37-13-11-36(12-14-37)19-24-7-5-4-6-8-24/h4-10,15,17-18,20-22H,11-14,19H2,1-3H3. The molecule has 4 aromatic heterocycles. The number of aryl methyl sites for hydroxylation is 1. The highest BCUT2D eigenvalue weighted by Crippen LogP contribution is 2.33. The minimum absolute atomic E-state index is 0.271. The van der Waals surface area contributed by atoms with Crippen molar-refractivity contribution in [2.75, 3.05) is 31.1 Å². The predicted molar refractivity (Wildman–Crippen MR) is 153 cm³/mol. The monoisotopic (exact) mass is 516 g/mol. The van der Waals surface area contributed by atoms with Crippen LogP contribution in [0.15, 0.2) is 73.3 Å². The summed E-state index contributed by atoms with van der Waals surface area (Å²) in [5, 5.41) is 19.0. The second-order valence-corrected chi connectivity index (χ2v) is 10.5. The molecule has 196 valence electrons. The molecule has 8 heteroatoms. The lowest BCUT2D eigenvalue weighted by atomic mass is 10.0. The average molecular weight is 517 g/mol. The molecule has 5 heterocycles. The van der Waals surface area contributed by atoms with Crippen LogP contribution in [0, 0.1) is 18.3 Å². The van der Waals surface area contributed by atoms with E-state index in [-0.39, 0.29) is 6.04 Å². The Balaban J connectivity index is 1.27. The van der Waals surface area contributed by atoms with Crippen molar-refractivity contribution in [2.45, 2.75) is 33.4 Å². The molecule has 0 aliphatic carbocycles. The van der Waals surface area contributed by atoms with E-state index in [9.17, 15) is 5.26 Å². The van der Waals surface area contributed by atoms with Gasteiger partial charge in [-0.3, -0.25) is 9.58 Å². The second kappa shape index (κ2) is 10.4. The summed E-state index contributed by atoms with van der Waals surface area (Å²) in [6, 6.07) is 19.5. The lowest BCUT2D eigenvalue weighted by Gasteiger charge is -2.35. The molecule has 0 atom stereocenters. The molecule has 0 unspecified atom stereocenters. The van der Waals surface area contributed by atoms with Crippen molar-refractivity contribution in [3.05, 3.63) is 90.1 Å². The first-order valence-electron chi connectivity index (χ1n) is 13.5. The molecule has 0 spiro atoms. The van der Waals surface area contributed by atoms with E-state index in [0.29, 0.717) is 5.56 Å². The Bertz CT molecular complexity index is 1630. The third-order valence-electron chi connectivity index (χ3n) is 7.49. The Morgan fingerprint density at radius 1 is 0.923 bits per heavy atom. The van der Waals surface area contributed by atoms with E-state index in [4.69, 9.17) is 10.1 Å². The van der Waals surface area contributed by atoms with E-state index in [2.05, 4.69) is 89.5 Å². The van der Waals surface area contributed by atoms with Crippen LogP contribution in [-0.2, 0) is 6.54 Å². The van der Waals surface area contributed by atoms with Gasteiger partial charge in [-0.05, 0) is 44.5 Å². The number of hydrogen-bond donors (Lipinski definition) is 0. The normalized spacial score (nSPS) is 14.3. The smallest absolute Gasteiger partial charge is 0.128 e. The lowest BCUT2D eigenvalue weighted by Crippen LogP contribution is -2.46. The minimum atomic E-state index is 0.271. The van der Waals surface area contributed by atoms with Gasteiger partial charge in [0.1, 0.15) is 11.9 Å². The average Bonchev–Trinajstić information content (AvgIpc) is 3.57. The number of pyridine rings is 2. The number of piperazine rings is 1. The zero-order valence-electron chi connectivity index (χ0n) is 22.6. The van der Waals surface area contributed by atoms with Crippen LogP contribution in [-0.4, -0.2) is 55.5 Å². The fourth-order valence-corrected chi connectivity index (χ4v) is 5.31. The highest BCUT2D eigenvalue weighted by molar-refractivity contribution is 5.87. The van der Waals surface area contributed by atoms with Crippen molar-refractivity contribution in [1.82, 2.24) is 29.3 Å². The van der Waals surface area contributed by atoms with Crippen molar-refractivity contribution in [1.29, 1.82) is 5.26 Å². The molecule has 1 saturated heterocycles. The molecular weight excluding hydrogens is 484 g/mol. The van der Waals surface area contributed by atoms with E-state index in [1.807, 2.05) is 24.0 Å². The molecule has 1 aromatic carbocycles. The number of rotatable bonds is 6. The number of nitrogens with zero attached hydrogens (tertiary/aromatic N) is 8. The summed E-state index contributed by atoms with van der Waals surface area (Å²) in [5.41, 5.74) is 7.60. The molecular formula is C31H32N8. The summed E-state index contributed by atoms with van der Waals surface area (Å²) in [7, 11) is 0. The molecule has 0 saturated carbocycles. The van der Waals surface area contributed by atoms with Crippen LogP contribution < -0.4 is 4.90 Å². The van der Waals surface area contributed by atoms with E-state index in [1.54, 1.807) is 10.7 Å². The maximum Gasteiger partial charge on any atom is 0.128 e. The first kappa shape index (κ1) is 24.8. The molecule has 8 nitrogen and oxygen atoms in total. The zero-order chi connectivity index (χ0) is 26.9. The van der Waals surface area contributed by atoms with Gasteiger partial charge in [-0.1, -0.05) is 30.3 Å². The van der Waals surface area contributed by atoms with E-state index < -0.39 is 0 Å². The van der Waals surface area contributed by atoms with Gasteiger partial charge in [-0.2, -0.15) is 15.5 Å². The van der Waals surface area contributed by atoms with E-state index in [0.717, 1.165) is 72.0 Å². The summed E-state index contributed by atoms with van der Waals surface area (Å²) in [6.45, 7) is 11.1. The lowest BCUT2D eigenvalue weighted by molar-refractivity contribution is 0.249. The number of hydrogen-bond acceptors (Lipinski definition) is 6. The highest BCUT2D eigenvalue weighted by Gasteiger charge is 2.20. The molecule has 5 aromatic rings. The number of nitriles is 1. The third-order valence-corrected chi connectivity index (χ3v) is 7.49. The van der Waals surface area contributed by atoms with Gasteiger partial charge in [-0.15, -0.1) is 0 Å². The van der Waals surface area contributed by atoms with Gasteiger partial charge in [-0.25, -0.2) is 9.50 Å². The zero-order valence-corrected chi connectivity index (χ0v) is 22.6. The van der Waals surface area contributed by atoms with Gasteiger partial charge < -0.3 is 4.90 Å². The van der Waals surface area contributed by atoms with Gasteiger partial charge in [0.05, 0.1) is 23.0 Å². The fourth-order valence-electron chi connectivity index (χ4n) is 5.31. The maximum atomic E-state index is 9.78. The van der Waals surface area contributed by atoms with Gasteiger partial charge in [0.15, 0.2) is 0 Å². The number of benzene rings is 1. The number of fused-ring (bicyclic) bond motifs is 1. The largest absolute Gasteiger partial charge is 0.354 e. The van der Waals surface area contributed by atoms with Crippen LogP contribution in [0.5, 0.6) is 0 Å². The Kier molecular flexibility index (Phi) is 6.59. The van der Waals surface area contributed by atoms with Gasteiger partial charge in [0.25, 0.3) is 0 Å². The highest BCUT2D eigenvalue weighted by atomic mass is 15.3. The van der Waals surface area contributed by atoms with Gasteiger partial charge in [0, 0.05) is 79.6 Å². The summed E-state index contributed by atoms with van der Waals surface area (Å²) in [4.78, 5) is 9.70. The second-order valence-electron chi connectivity index (χ2n) is 10.5. The summed E-state index contributed by atoms with van der Waals surface area (Å²) in [5.74, 6) is 0.980. The molecule has 1 fully saturated rings.